The van der Waals surface area contributed by atoms with Gasteiger partial charge in [-0.2, -0.15) is 4.98 Å². The average Bonchev–Trinajstić information content (AvgIpc) is 2.69. The molecule has 1 unspecified atom stereocenters. The number of rotatable bonds is 5. The smallest absolute Gasteiger partial charge is 0.229 e. The Labute approximate surface area is 163 Å². The van der Waals surface area contributed by atoms with Crippen molar-refractivity contribution in [1.29, 1.82) is 0 Å². The molecule has 0 amide bonds. The summed E-state index contributed by atoms with van der Waals surface area (Å²) in [6, 6.07) is 25.9. The molecule has 0 fully saturated rings. The zero-order valence-corrected chi connectivity index (χ0v) is 15.6. The monoisotopic (exact) mass is 374 g/mol. The molecular formula is C22H19ClN4. The molecule has 5 heteroatoms. The molecule has 4 nitrogen and oxygen atoms in total. The van der Waals surface area contributed by atoms with E-state index in [4.69, 9.17) is 16.6 Å². The summed E-state index contributed by atoms with van der Waals surface area (Å²) in [6.07, 6.45) is 0. The van der Waals surface area contributed by atoms with Crippen molar-refractivity contribution in [1.82, 2.24) is 9.97 Å². The molecule has 0 saturated carbocycles. The molecule has 0 spiro atoms. The normalized spacial score (nSPS) is 11.9. The Morgan fingerprint density at radius 2 is 1.63 bits per heavy atom. The number of nitrogens with zero attached hydrogens (tertiary/aromatic N) is 2. The van der Waals surface area contributed by atoms with Crippen LogP contribution in [0.2, 0.25) is 5.02 Å². The van der Waals surface area contributed by atoms with Crippen molar-refractivity contribution in [2.24, 2.45) is 0 Å². The van der Waals surface area contributed by atoms with Crippen LogP contribution in [-0.2, 0) is 0 Å². The van der Waals surface area contributed by atoms with Crippen LogP contribution in [0.5, 0.6) is 0 Å². The molecular weight excluding hydrogens is 356 g/mol. The van der Waals surface area contributed by atoms with Gasteiger partial charge in [-0.25, -0.2) is 4.98 Å². The fourth-order valence-electron chi connectivity index (χ4n) is 2.97. The van der Waals surface area contributed by atoms with Crippen LogP contribution in [-0.4, -0.2) is 9.97 Å². The van der Waals surface area contributed by atoms with E-state index in [0.717, 1.165) is 22.4 Å². The van der Waals surface area contributed by atoms with E-state index in [9.17, 15) is 0 Å². The number of nitrogens with one attached hydrogen (secondary N) is 2. The minimum Gasteiger partial charge on any atom is -0.363 e. The van der Waals surface area contributed by atoms with E-state index in [2.05, 4.69) is 34.7 Å². The molecule has 27 heavy (non-hydrogen) atoms. The number of aromatic nitrogens is 2. The van der Waals surface area contributed by atoms with Gasteiger partial charge in [-0.1, -0.05) is 60.1 Å². The number of halogens is 1. The summed E-state index contributed by atoms with van der Waals surface area (Å²) in [5.41, 5.74) is 2.92. The highest BCUT2D eigenvalue weighted by molar-refractivity contribution is 6.30. The van der Waals surface area contributed by atoms with E-state index < -0.39 is 0 Å². The molecule has 134 valence electrons. The van der Waals surface area contributed by atoms with Gasteiger partial charge in [-0.15, -0.1) is 0 Å². The Hall–Kier alpha value is -3.11. The minimum absolute atomic E-state index is 0.114. The van der Waals surface area contributed by atoms with E-state index >= 15 is 0 Å². The van der Waals surface area contributed by atoms with Gasteiger partial charge in [0.25, 0.3) is 0 Å². The van der Waals surface area contributed by atoms with E-state index in [1.807, 2.05) is 66.7 Å². The molecule has 0 radical (unpaired) electrons. The fourth-order valence-corrected chi connectivity index (χ4v) is 3.16. The zero-order chi connectivity index (χ0) is 18.6. The summed E-state index contributed by atoms with van der Waals surface area (Å²) in [6.45, 7) is 2.12. The van der Waals surface area contributed by atoms with Crippen molar-refractivity contribution in [3.05, 3.63) is 89.4 Å². The Morgan fingerprint density at radius 1 is 0.852 bits per heavy atom. The van der Waals surface area contributed by atoms with Crippen LogP contribution in [0.3, 0.4) is 0 Å². The van der Waals surface area contributed by atoms with Gasteiger partial charge in [0, 0.05) is 22.1 Å². The van der Waals surface area contributed by atoms with Crippen molar-refractivity contribution >= 4 is 40.0 Å². The van der Waals surface area contributed by atoms with Gasteiger partial charge in [0.15, 0.2) is 0 Å². The molecule has 1 atom stereocenters. The van der Waals surface area contributed by atoms with E-state index in [1.165, 1.54) is 5.56 Å². The lowest BCUT2D eigenvalue weighted by atomic mass is 10.1. The van der Waals surface area contributed by atoms with Gasteiger partial charge in [-0.3, -0.25) is 0 Å². The van der Waals surface area contributed by atoms with Crippen LogP contribution >= 0.6 is 11.6 Å². The average molecular weight is 375 g/mol. The third-order valence-corrected chi connectivity index (χ3v) is 4.57. The largest absolute Gasteiger partial charge is 0.363 e. The lowest BCUT2D eigenvalue weighted by Gasteiger charge is -2.17. The van der Waals surface area contributed by atoms with Crippen LogP contribution in [0.15, 0.2) is 78.9 Å². The molecule has 0 bridgehead atoms. The van der Waals surface area contributed by atoms with E-state index in [-0.39, 0.29) is 6.04 Å². The molecule has 4 aromatic rings. The Morgan fingerprint density at radius 3 is 2.44 bits per heavy atom. The maximum Gasteiger partial charge on any atom is 0.229 e. The van der Waals surface area contributed by atoms with Gasteiger partial charge in [0.1, 0.15) is 5.82 Å². The standard InChI is InChI=1S/C22H19ClN4/c1-15(16-8-3-2-4-9-16)24-21-19-12-5-6-13-20(19)26-22(27-21)25-18-11-7-10-17(23)14-18/h2-15H,1H3,(H2,24,25,26,27). The fraction of sp³-hybridized carbons (Fsp3) is 0.0909. The van der Waals surface area contributed by atoms with Gasteiger partial charge < -0.3 is 10.6 Å². The second-order valence-electron chi connectivity index (χ2n) is 6.33. The first kappa shape index (κ1) is 17.3. The number of fused-ring (bicyclic) bond motifs is 1. The maximum absolute atomic E-state index is 6.08. The quantitative estimate of drug-likeness (QED) is 0.436. The summed E-state index contributed by atoms with van der Waals surface area (Å²) < 4.78 is 0. The van der Waals surface area contributed by atoms with Crippen LogP contribution in [0, 0.1) is 0 Å². The SMILES string of the molecule is CC(Nc1nc(Nc2cccc(Cl)c2)nc2ccccc12)c1ccccc1. The Bertz CT molecular complexity index is 1070. The molecule has 0 aliphatic heterocycles. The van der Waals surface area contributed by atoms with Gasteiger partial charge in [-0.05, 0) is 42.8 Å². The van der Waals surface area contributed by atoms with Gasteiger partial charge >= 0.3 is 0 Å². The van der Waals surface area contributed by atoms with Crippen LogP contribution < -0.4 is 10.6 Å². The number of hydrogen-bond donors (Lipinski definition) is 2. The minimum atomic E-state index is 0.114. The topological polar surface area (TPSA) is 49.8 Å². The first-order valence-corrected chi connectivity index (χ1v) is 9.18. The molecule has 4 rings (SSSR count). The van der Waals surface area contributed by atoms with E-state index in [1.54, 1.807) is 0 Å². The summed E-state index contributed by atoms with van der Waals surface area (Å²) in [5.74, 6) is 1.32. The summed E-state index contributed by atoms with van der Waals surface area (Å²) >= 11 is 6.08. The number of para-hydroxylation sites is 1. The zero-order valence-electron chi connectivity index (χ0n) is 14.9. The highest BCUT2D eigenvalue weighted by Gasteiger charge is 2.11. The second-order valence-corrected chi connectivity index (χ2v) is 6.76. The summed E-state index contributed by atoms with van der Waals surface area (Å²) in [5, 5.41) is 8.41. The van der Waals surface area contributed by atoms with Crippen molar-refractivity contribution in [2.45, 2.75) is 13.0 Å². The summed E-state index contributed by atoms with van der Waals surface area (Å²) in [4.78, 5) is 9.35. The van der Waals surface area contributed by atoms with Crippen LogP contribution in [0.25, 0.3) is 10.9 Å². The number of hydrogen-bond acceptors (Lipinski definition) is 4. The van der Waals surface area contributed by atoms with Crippen molar-refractivity contribution < 1.29 is 0 Å². The van der Waals surface area contributed by atoms with E-state index in [0.29, 0.717) is 11.0 Å². The third kappa shape index (κ3) is 4.01. The number of benzene rings is 3. The second kappa shape index (κ2) is 7.64. The first-order valence-electron chi connectivity index (χ1n) is 8.80. The lowest BCUT2D eigenvalue weighted by Crippen LogP contribution is -2.10. The maximum atomic E-state index is 6.08. The van der Waals surface area contributed by atoms with Gasteiger partial charge in [0.05, 0.1) is 5.52 Å². The van der Waals surface area contributed by atoms with Gasteiger partial charge in [0.2, 0.25) is 5.95 Å². The lowest BCUT2D eigenvalue weighted by molar-refractivity contribution is 0.876. The Kier molecular flexibility index (Phi) is 4.90. The molecule has 1 aromatic heterocycles. The van der Waals surface area contributed by atoms with Crippen LogP contribution in [0.4, 0.5) is 17.5 Å². The van der Waals surface area contributed by atoms with Crippen molar-refractivity contribution in [3.8, 4) is 0 Å². The molecule has 2 N–H and O–H groups in total. The molecule has 1 heterocycles. The predicted octanol–water partition coefficient (Wildman–Crippen LogP) is 6.20. The third-order valence-electron chi connectivity index (χ3n) is 4.34. The highest BCUT2D eigenvalue weighted by atomic mass is 35.5. The van der Waals surface area contributed by atoms with Crippen LogP contribution in [0.1, 0.15) is 18.5 Å². The number of anilines is 3. The predicted molar refractivity (Wildman–Crippen MR) is 113 cm³/mol. The highest BCUT2D eigenvalue weighted by Crippen LogP contribution is 2.27. The molecule has 0 aliphatic rings. The van der Waals surface area contributed by atoms with Crippen molar-refractivity contribution in [3.63, 3.8) is 0 Å². The molecule has 0 aliphatic carbocycles. The molecule has 0 saturated heterocycles. The Balaban J connectivity index is 1.70. The van der Waals surface area contributed by atoms with Crippen molar-refractivity contribution in [2.75, 3.05) is 10.6 Å². The summed E-state index contributed by atoms with van der Waals surface area (Å²) in [7, 11) is 0. The first-order chi connectivity index (χ1) is 13.2. The molecule has 3 aromatic carbocycles.